The number of benzene rings is 2. The summed E-state index contributed by atoms with van der Waals surface area (Å²) < 4.78 is 33.4. The molecular formula is C21H26N2O4S. The van der Waals surface area contributed by atoms with E-state index in [0.29, 0.717) is 23.4 Å². The van der Waals surface area contributed by atoms with Crippen molar-refractivity contribution in [2.45, 2.75) is 18.7 Å². The van der Waals surface area contributed by atoms with Gasteiger partial charge in [-0.2, -0.15) is 4.31 Å². The van der Waals surface area contributed by atoms with E-state index < -0.39 is 10.0 Å². The number of hydrogen-bond acceptors (Lipinski definition) is 5. The molecule has 2 aromatic carbocycles. The van der Waals surface area contributed by atoms with Crippen molar-refractivity contribution in [3.05, 3.63) is 58.1 Å². The molecule has 0 spiro atoms. The van der Waals surface area contributed by atoms with Crippen molar-refractivity contribution in [2.24, 2.45) is 10.9 Å². The molecule has 1 heterocycles. The van der Waals surface area contributed by atoms with Crippen molar-refractivity contribution < 1.29 is 18.3 Å². The molecule has 1 atom stereocenters. The number of sulfonamides is 1. The maximum Gasteiger partial charge on any atom is 0.243 e. The quantitative estimate of drug-likeness (QED) is 0.750. The van der Waals surface area contributed by atoms with Crippen molar-refractivity contribution >= 4 is 16.1 Å². The smallest absolute Gasteiger partial charge is 0.243 e. The SMILES string of the molecule is COc1cc(C)c(S(=O)(=O)N(CCO)CC2C=c3ccccc3=NC2)c(C)c1. The number of ether oxygens (including phenoxy) is 1. The minimum atomic E-state index is -3.77. The number of methoxy groups -OCH3 is 1. The Morgan fingerprint density at radius 1 is 1.21 bits per heavy atom. The molecule has 0 saturated heterocycles. The van der Waals surface area contributed by atoms with Gasteiger partial charge in [0, 0.05) is 25.6 Å². The third-order valence-electron chi connectivity index (χ3n) is 4.90. The largest absolute Gasteiger partial charge is 0.497 e. The van der Waals surface area contributed by atoms with Crippen LogP contribution in [0.1, 0.15) is 11.1 Å². The highest BCUT2D eigenvalue weighted by Crippen LogP contribution is 2.28. The topological polar surface area (TPSA) is 79.2 Å². The highest BCUT2D eigenvalue weighted by atomic mass is 32.2. The second-order valence-corrected chi connectivity index (χ2v) is 8.88. The molecule has 2 aromatic rings. The molecule has 6 nitrogen and oxygen atoms in total. The third kappa shape index (κ3) is 4.11. The number of aliphatic hydroxyl groups is 1. The number of hydrogen-bond donors (Lipinski definition) is 1. The van der Waals surface area contributed by atoms with E-state index in [0.717, 1.165) is 10.6 Å². The van der Waals surface area contributed by atoms with E-state index in [2.05, 4.69) is 11.1 Å². The maximum absolute atomic E-state index is 13.4. The first-order valence-corrected chi connectivity index (χ1v) is 10.7. The average Bonchev–Trinajstić information content (AvgIpc) is 2.66. The Bertz CT molecular complexity index is 1060. The lowest BCUT2D eigenvalue weighted by molar-refractivity contribution is 0.247. The molecular weight excluding hydrogens is 376 g/mol. The molecule has 7 heteroatoms. The summed E-state index contributed by atoms with van der Waals surface area (Å²) in [5.41, 5.74) is 1.25. The predicted molar refractivity (Wildman–Crippen MR) is 108 cm³/mol. The van der Waals surface area contributed by atoms with Gasteiger partial charge in [0.05, 0.1) is 24.0 Å². The molecule has 3 rings (SSSR count). The van der Waals surface area contributed by atoms with E-state index in [1.807, 2.05) is 24.3 Å². The highest BCUT2D eigenvalue weighted by Gasteiger charge is 2.29. The number of nitrogens with zero attached hydrogens (tertiary/aromatic N) is 2. The van der Waals surface area contributed by atoms with Crippen LogP contribution in [0.25, 0.3) is 6.08 Å². The molecule has 0 radical (unpaired) electrons. The molecule has 0 aliphatic carbocycles. The van der Waals surface area contributed by atoms with E-state index in [1.54, 1.807) is 33.1 Å². The standard InChI is InChI=1S/C21H26N2O4S/c1-15-10-19(27-3)11-16(2)21(15)28(25,26)23(8-9-24)14-17-12-18-6-4-5-7-20(18)22-13-17/h4-7,10-12,17,24H,8-9,13-14H2,1-3H3. The number of aryl methyl sites for hydroxylation is 2. The Kier molecular flexibility index (Phi) is 6.17. The molecule has 1 unspecified atom stereocenters. The maximum atomic E-state index is 13.4. The van der Waals surface area contributed by atoms with Gasteiger partial charge in [-0.15, -0.1) is 0 Å². The van der Waals surface area contributed by atoms with Crippen molar-refractivity contribution in [1.82, 2.24) is 4.31 Å². The summed E-state index contributed by atoms with van der Waals surface area (Å²) in [7, 11) is -2.21. The van der Waals surface area contributed by atoms with Gasteiger partial charge in [0.2, 0.25) is 10.0 Å². The number of aliphatic hydroxyl groups excluding tert-OH is 1. The number of rotatable bonds is 7. The van der Waals surface area contributed by atoms with Gasteiger partial charge in [-0.1, -0.05) is 24.3 Å². The van der Waals surface area contributed by atoms with Crippen LogP contribution < -0.4 is 15.3 Å². The van der Waals surface area contributed by atoms with Crippen LogP contribution in [0.5, 0.6) is 5.75 Å². The van der Waals surface area contributed by atoms with Crippen LogP contribution in [0.4, 0.5) is 0 Å². The highest BCUT2D eigenvalue weighted by molar-refractivity contribution is 7.89. The molecule has 28 heavy (non-hydrogen) atoms. The van der Waals surface area contributed by atoms with Crippen LogP contribution in [0.3, 0.4) is 0 Å². The number of para-hydroxylation sites is 1. The molecule has 0 saturated carbocycles. The molecule has 1 aliphatic rings. The first kappa shape index (κ1) is 20.5. The zero-order valence-electron chi connectivity index (χ0n) is 16.4. The summed E-state index contributed by atoms with van der Waals surface area (Å²) in [5.74, 6) is 0.578. The molecule has 0 aromatic heterocycles. The average molecular weight is 403 g/mol. The Morgan fingerprint density at radius 2 is 1.89 bits per heavy atom. The molecule has 0 bridgehead atoms. The third-order valence-corrected chi connectivity index (χ3v) is 7.07. The summed E-state index contributed by atoms with van der Waals surface area (Å²) in [6.07, 6.45) is 2.07. The summed E-state index contributed by atoms with van der Waals surface area (Å²) in [6.45, 7) is 4.11. The van der Waals surface area contributed by atoms with Crippen LogP contribution >= 0.6 is 0 Å². The van der Waals surface area contributed by atoms with E-state index in [-0.39, 0.29) is 30.5 Å². The molecule has 150 valence electrons. The van der Waals surface area contributed by atoms with Crippen molar-refractivity contribution in [1.29, 1.82) is 0 Å². The second-order valence-electron chi connectivity index (χ2n) is 7.00. The van der Waals surface area contributed by atoms with Crippen molar-refractivity contribution in [2.75, 3.05) is 33.4 Å². The van der Waals surface area contributed by atoms with Gasteiger partial charge >= 0.3 is 0 Å². The molecule has 0 amide bonds. The van der Waals surface area contributed by atoms with Crippen molar-refractivity contribution in [3.63, 3.8) is 0 Å². The zero-order valence-corrected chi connectivity index (χ0v) is 17.2. The Balaban J connectivity index is 1.95. The minimum absolute atomic E-state index is 0.0409. The zero-order chi connectivity index (χ0) is 20.3. The summed E-state index contributed by atoms with van der Waals surface area (Å²) in [4.78, 5) is 4.84. The van der Waals surface area contributed by atoms with Crippen LogP contribution in [-0.4, -0.2) is 51.2 Å². The lowest BCUT2D eigenvalue weighted by Gasteiger charge is -2.27. The monoisotopic (exact) mass is 402 g/mol. The second kappa shape index (κ2) is 8.43. The first-order chi connectivity index (χ1) is 13.4. The van der Waals surface area contributed by atoms with Gasteiger partial charge < -0.3 is 9.84 Å². The van der Waals surface area contributed by atoms with Crippen LogP contribution in [0, 0.1) is 19.8 Å². The molecule has 1 aliphatic heterocycles. The first-order valence-electron chi connectivity index (χ1n) is 9.24. The molecule has 1 N–H and O–H groups in total. The van der Waals surface area contributed by atoms with Crippen LogP contribution in [-0.2, 0) is 10.0 Å². The van der Waals surface area contributed by atoms with Gasteiger partial charge in [0.15, 0.2) is 0 Å². The van der Waals surface area contributed by atoms with Crippen LogP contribution in [0.15, 0.2) is 46.3 Å². The van der Waals surface area contributed by atoms with Crippen LogP contribution in [0.2, 0.25) is 0 Å². The summed E-state index contributed by atoms with van der Waals surface area (Å²) in [6, 6.07) is 11.3. The Hall–Kier alpha value is -2.22. The summed E-state index contributed by atoms with van der Waals surface area (Å²) in [5, 5.41) is 11.4. The Morgan fingerprint density at radius 3 is 2.54 bits per heavy atom. The lowest BCUT2D eigenvalue weighted by atomic mass is 10.1. The van der Waals surface area contributed by atoms with Crippen molar-refractivity contribution in [3.8, 4) is 5.75 Å². The fourth-order valence-corrected chi connectivity index (χ4v) is 5.55. The number of fused-ring (bicyclic) bond motifs is 1. The minimum Gasteiger partial charge on any atom is -0.497 e. The van der Waals surface area contributed by atoms with Gasteiger partial charge in [0.1, 0.15) is 5.75 Å². The van der Waals surface area contributed by atoms with Gasteiger partial charge in [0.25, 0.3) is 0 Å². The summed E-state index contributed by atoms with van der Waals surface area (Å²) >= 11 is 0. The fourth-order valence-electron chi connectivity index (χ4n) is 3.65. The van der Waals surface area contributed by atoms with E-state index in [4.69, 9.17) is 4.74 Å². The van der Waals surface area contributed by atoms with E-state index in [1.165, 1.54) is 4.31 Å². The van der Waals surface area contributed by atoms with E-state index >= 15 is 0 Å². The predicted octanol–water partition coefficient (Wildman–Crippen LogP) is 1.03. The Labute approximate surface area is 165 Å². The van der Waals surface area contributed by atoms with E-state index in [9.17, 15) is 13.5 Å². The van der Waals surface area contributed by atoms with Gasteiger partial charge in [-0.25, -0.2) is 8.42 Å². The lowest BCUT2D eigenvalue weighted by Crippen LogP contribution is -2.41. The van der Waals surface area contributed by atoms with Gasteiger partial charge in [-0.3, -0.25) is 4.99 Å². The normalized spacial score (nSPS) is 16.2. The fraction of sp³-hybridized carbons (Fsp3) is 0.381. The van der Waals surface area contributed by atoms with Gasteiger partial charge in [-0.05, 0) is 48.4 Å². The molecule has 0 fully saturated rings.